The van der Waals surface area contributed by atoms with Crippen molar-refractivity contribution >= 4 is 45.4 Å². The molecule has 0 saturated carbocycles. The minimum absolute atomic E-state index is 0.0289. The smallest absolute Gasteiger partial charge is 0.246 e. The van der Waals surface area contributed by atoms with Gasteiger partial charge < -0.3 is 14.5 Å². The fourth-order valence-electron chi connectivity index (χ4n) is 3.91. The van der Waals surface area contributed by atoms with Gasteiger partial charge in [0.05, 0.1) is 17.3 Å². The van der Waals surface area contributed by atoms with Crippen LogP contribution in [0.5, 0.6) is 5.75 Å². The molecule has 1 saturated heterocycles. The molecule has 0 N–H and O–H groups in total. The molecule has 1 aliphatic rings. The van der Waals surface area contributed by atoms with Gasteiger partial charge in [0.25, 0.3) is 0 Å². The Hall–Kier alpha value is -3.26. The molecule has 8 heteroatoms. The summed E-state index contributed by atoms with van der Waals surface area (Å²) in [5.41, 5.74) is 1.68. The highest BCUT2D eigenvalue weighted by Crippen LogP contribution is 2.31. The number of nitrogens with zero attached hydrogens (tertiary/aromatic N) is 4. The number of carbonyl (C=O) groups excluding carboxylic acids is 1. The zero-order valence-electron chi connectivity index (χ0n) is 18.1. The van der Waals surface area contributed by atoms with Gasteiger partial charge in [-0.15, -0.1) is 11.3 Å². The molecule has 0 bridgehead atoms. The first kappa shape index (κ1) is 22.0. The topological polar surface area (TPSA) is 58.6 Å². The third-order valence-electron chi connectivity index (χ3n) is 5.61. The quantitative estimate of drug-likeness (QED) is 0.511. The van der Waals surface area contributed by atoms with Gasteiger partial charge in [0.15, 0.2) is 23.2 Å². The number of ether oxygens (including phenoxy) is 1. The van der Waals surface area contributed by atoms with Gasteiger partial charge in [-0.2, -0.15) is 0 Å². The maximum Gasteiger partial charge on any atom is 0.246 e. The number of hydrogen-bond acceptors (Lipinski definition) is 6. The molecule has 32 heavy (non-hydrogen) atoms. The van der Waals surface area contributed by atoms with Gasteiger partial charge in [0.2, 0.25) is 5.91 Å². The Labute approximate surface area is 190 Å². The van der Waals surface area contributed by atoms with Gasteiger partial charge in [-0.3, -0.25) is 4.79 Å². The average Bonchev–Trinajstić information content (AvgIpc) is 3.30. The fourth-order valence-corrected chi connectivity index (χ4v) is 4.76. The number of hydrogen-bond donors (Lipinski definition) is 0. The number of anilines is 1. The van der Waals surface area contributed by atoms with Crippen molar-refractivity contribution in [1.82, 2.24) is 14.9 Å². The Morgan fingerprint density at radius 1 is 1.31 bits per heavy atom. The summed E-state index contributed by atoms with van der Waals surface area (Å²) in [6, 6.07) is 6.78. The van der Waals surface area contributed by atoms with E-state index in [9.17, 15) is 9.18 Å². The highest BCUT2D eigenvalue weighted by Gasteiger charge is 2.30. The van der Waals surface area contributed by atoms with E-state index in [2.05, 4.69) is 23.4 Å². The van der Waals surface area contributed by atoms with Gasteiger partial charge in [-0.1, -0.05) is 25.6 Å². The zero-order valence-corrected chi connectivity index (χ0v) is 18.9. The van der Waals surface area contributed by atoms with Crippen LogP contribution in [-0.4, -0.2) is 53.6 Å². The van der Waals surface area contributed by atoms with Crippen LogP contribution in [0.2, 0.25) is 0 Å². The van der Waals surface area contributed by atoms with Crippen LogP contribution in [0.1, 0.15) is 24.7 Å². The fraction of sp³-hybridized carbons (Fsp3) is 0.292. The van der Waals surface area contributed by atoms with Gasteiger partial charge in [0.1, 0.15) is 0 Å². The van der Waals surface area contributed by atoms with Crippen LogP contribution < -0.4 is 9.64 Å². The number of piperazine rings is 1. The lowest BCUT2D eigenvalue weighted by molar-refractivity contribution is -0.128. The third kappa shape index (κ3) is 4.36. The zero-order chi connectivity index (χ0) is 22.7. The lowest BCUT2D eigenvalue weighted by atomic mass is 10.1. The molecule has 1 unspecified atom stereocenters. The maximum atomic E-state index is 13.7. The van der Waals surface area contributed by atoms with E-state index in [1.807, 2.05) is 28.5 Å². The van der Waals surface area contributed by atoms with Crippen molar-refractivity contribution in [2.24, 2.45) is 0 Å². The summed E-state index contributed by atoms with van der Waals surface area (Å²) in [5, 5.41) is 2.01. The summed E-state index contributed by atoms with van der Waals surface area (Å²) >= 11 is 1.61. The van der Waals surface area contributed by atoms with E-state index in [1.54, 1.807) is 23.5 Å². The third-order valence-corrected chi connectivity index (χ3v) is 6.51. The summed E-state index contributed by atoms with van der Waals surface area (Å²) < 4.78 is 19.8. The Morgan fingerprint density at radius 3 is 2.91 bits per heavy atom. The first-order chi connectivity index (χ1) is 15.5. The van der Waals surface area contributed by atoms with Crippen molar-refractivity contribution in [1.29, 1.82) is 0 Å². The van der Waals surface area contributed by atoms with Crippen LogP contribution in [0.15, 0.2) is 42.3 Å². The molecule has 1 aromatic carbocycles. The van der Waals surface area contributed by atoms with E-state index in [0.717, 1.165) is 28.0 Å². The molecule has 4 rings (SSSR count). The number of halogens is 1. The summed E-state index contributed by atoms with van der Waals surface area (Å²) in [4.78, 5) is 25.8. The monoisotopic (exact) mass is 452 g/mol. The van der Waals surface area contributed by atoms with E-state index in [1.165, 1.54) is 19.3 Å². The first-order valence-electron chi connectivity index (χ1n) is 10.5. The van der Waals surface area contributed by atoms with Gasteiger partial charge in [-0.25, -0.2) is 14.4 Å². The number of carbonyl (C=O) groups is 1. The average molecular weight is 453 g/mol. The number of methoxy groups -OCH3 is 1. The standard InChI is InChI=1S/C24H25FN4O2S/c1-4-17-15-28(11-12-29(17)22(30)5-2)24-23-19(10-13-32-23)26-21(27-24)9-7-16-6-8-18(25)20(14-16)31-3/h5-10,13-14,17H,2,4,11-12,15H2,1,3H3/b9-7+. The van der Waals surface area contributed by atoms with Gasteiger partial charge >= 0.3 is 0 Å². The molecular formula is C24H25FN4O2S. The highest BCUT2D eigenvalue weighted by atomic mass is 32.1. The summed E-state index contributed by atoms with van der Waals surface area (Å²) in [7, 11) is 1.44. The van der Waals surface area contributed by atoms with Crippen molar-refractivity contribution in [3.05, 3.63) is 59.5 Å². The van der Waals surface area contributed by atoms with Crippen LogP contribution in [-0.2, 0) is 4.79 Å². The van der Waals surface area contributed by atoms with Crippen molar-refractivity contribution in [2.45, 2.75) is 19.4 Å². The lowest BCUT2D eigenvalue weighted by Gasteiger charge is -2.41. The number of rotatable bonds is 6. The Morgan fingerprint density at radius 2 is 2.16 bits per heavy atom. The molecule has 1 atom stereocenters. The van der Waals surface area contributed by atoms with Crippen LogP contribution in [0, 0.1) is 5.82 Å². The number of benzene rings is 1. The molecule has 0 spiro atoms. The minimum atomic E-state index is -0.401. The van der Waals surface area contributed by atoms with Crippen molar-refractivity contribution in [3.8, 4) is 5.75 Å². The van der Waals surface area contributed by atoms with Crippen LogP contribution in [0.4, 0.5) is 10.2 Å². The summed E-state index contributed by atoms with van der Waals surface area (Å²) in [5.74, 6) is 1.22. The van der Waals surface area contributed by atoms with E-state index < -0.39 is 5.82 Å². The van der Waals surface area contributed by atoms with E-state index >= 15 is 0 Å². The second-order valence-corrected chi connectivity index (χ2v) is 8.43. The van der Waals surface area contributed by atoms with Gasteiger partial charge in [-0.05, 0) is 47.7 Å². The molecular weight excluding hydrogens is 427 g/mol. The molecule has 0 radical (unpaired) electrons. The number of amides is 1. The molecule has 3 heterocycles. The van der Waals surface area contributed by atoms with E-state index in [0.29, 0.717) is 25.5 Å². The molecule has 1 aliphatic heterocycles. The van der Waals surface area contributed by atoms with Crippen LogP contribution in [0.3, 0.4) is 0 Å². The SMILES string of the molecule is C=CC(=O)N1CCN(c2nc(/C=C/c3ccc(F)c(OC)c3)nc3ccsc23)CC1CC. The molecule has 1 fully saturated rings. The Kier molecular flexibility index (Phi) is 6.50. The minimum Gasteiger partial charge on any atom is -0.494 e. The number of aromatic nitrogens is 2. The maximum absolute atomic E-state index is 13.7. The molecule has 1 amide bonds. The Balaban J connectivity index is 1.64. The van der Waals surface area contributed by atoms with E-state index in [-0.39, 0.29) is 17.7 Å². The second-order valence-electron chi connectivity index (χ2n) is 7.51. The summed E-state index contributed by atoms with van der Waals surface area (Å²) in [6.07, 6.45) is 5.90. The molecule has 0 aliphatic carbocycles. The van der Waals surface area contributed by atoms with E-state index in [4.69, 9.17) is 9.72 Å². The van der Waals surface area contributed by atoms with Crippen LogP contribution >= 0.6 is 11.3 Å². The molecule has 166 valence electrons. The van der Waals surface area contributed by atoms with Crippen molar-refractivity contribution < 1.29 is 13.9 Å². The Bertz CT molecular complexity index is 1180. The van der Waals surface area contributed by atoms with Crippen LogP contribution in [0.25, 0.3) is 22.4 Å². The largest absolute Gasteiger partial charge is 0.494 e. The second kappa shape index (κ2) is 9.48. The van der Waals surface area contributed by atoms with Crippen molar-refractivity contribution in [2.75, 3.05) is 31.6 Å². The predicted molar refractivity (Wildman–Crippen MR) is 127 cm³/mol. The number of fused-ring (bicyclic) bond motifs is 1. The van der Waals surface area contributed by atoms with Gasteiger partial charge in [0, 0.05) is 25.7 Å². The first-order valence-corrected chi connectivity index (χ1v) is 11.4. The molecule has 6 nitrogen and oxygen atoms in total. The van der Waals surface area contributed by atoms with Crippen molar-refractivity contribution in [3.63, 3.8) is 0 Å². The molecule has 3 aromatic rings. The summed E-state index contributed by atoms with van der Waals surface area (Å²) in [6.45, 7) is 7.74. The normalized spacial score (nSPS) is 16.7. The predicted octanol–water partition coefficient (Wildman–Crippen LogP) is 4.62. The molecule has 2 aromatic heterocycles. The lowest BCUT2D eigenvalue weighted by Crippen LogP contribution is -2.55. The number of thiophene rings is 1. The highest BCUT2D eigenvalue weighted by molar-refractivity contribution is 7.17.